The third-order valence-electron chi connectivity index (χ3n) is 9.80. The van der Waals surface area contributed by atoms with E-state index in [9.17, 15) is 9.90 Å². The number of fused-ring (bicyclic) bond motifs is 9. The number of carbonyl (C=O) groups is 1. The average Bonchev–Trinajstić information content (AvgIpc) is 3.16. The molecule has 0 saturated carbocycles. The monoisotopic (exact) mass is 680 g/mol. The fourth-order valence-electron chi connectivity index (χ4n) is 6.98. The number of ether oxygens (including phenoxy) is 3. The van der Waals surface area contributed by atoms with Gasteiger partial charge in [0.1, 0.15) is 30.4 Å². The third kappa shape index (κ3) is 10.2. The van der Waals surface area contributed by atoms with Gasteiger partial charge < -0.3 is 19.3 Å². The van der Waals surface area contributed by atoms with Crippen molar-refractivity contribution in [1.29, 1.82) is 0 Å². The van der Waals surface area contributed by atoms with Gasteiger partial charge in [-0.1, -0.05) is 110 Å². The zero-order valence-corrected chi connectivity index (χ0v) is 29.6. The van der Waals surface area contributed by atoms with Crippen LogP contribution in [0.3, 0.4) is 0 Å². The summed E-state index contributed by atoms with van der Waals surface area (Å²) >= 11 is 0. The number of hydrogen-bond acceptors (Lipinski definition) is 5. The Balaban J connectivity index is 1.25. The number of methoxy groups -OCH3 is 1. The van der Waals surface area contributed by atoms with E-state index in [1.54, 1.807) is 13.2 Å². The minimum atomic E-state index is -0.327. The Morgan fingerprint density at radius 1 is 0.784 bits per heavy atom. The van der Waals surface area contributed by atoms with Crippen molar-refractivity contribution in [3.8, 4) is 29.3 Å². The summed E-state index contributed by atoms with van der Waals surface area (Å²) in [5.41, 5.74) is 5.29. The van der Waals surface area contributed by atoms with Crippen LogP contribution in [0.25, 0.3) is 10.8 Å². The van der Waals surface area contributed by atoms with Crippen molar-refractivity contribution in [2.45, 2.75) is 89.3 Å². The molecule has 5 heteroatoms. The van der Waals surface area contributed by atoms with Crippen LogP contribution in [-0.4, -0.2) is 24.1 Å². The fourth-order valence-corrected chi connectivity index (χ4v) is 6.98. The molecule has 0 radical (unpaired) electrons. The number of aryl methyl sites for hydroxylation is 2. The summed E-state index contributed by atoms with van der Waals surface area (Å²) in [6, 6.07) is 36.6. The first kappa shape index (κ1) is 35.6. The van der Waals surface area contributed by atoms with Gasteiger partial charge in [-0.15, -0.1) is 0 Å². The smallest absolute Gasteiger partial charge is 0.161 e. The second-order valence-corrected chi connectivity index (χ2v) is 13.6. The summed E-state index contributed by atoms with van der Waals surface area (Å²) in [5.74, 6) is 4.71. The maximum atomic E-state index is 13.4. The SMILES string of the molecule is COc1ccc2cc1OCc1ccc3c(c(O)ccc3c1)[C@H](Cc1ccccc1)C#CO[C@@H](CCCCCCCc1ccccc1)CC(=O)CC2. The minimum absolute atomic E-state index is 0.154. The first-order valence-electron chi connectivity index (χ1n) is 18.4. The molecule has 0 spiro atoms. The molecule has 0 aliphatic carbocycles. The number of hydrogen-bond donors (Lipinski definition) is 1. The van der Waals surface area contributed by atoms with Gasteiger partial charge in [-0.3, -0.25) is 4.79 Å². The summed E-state index contributed by atoms with van der Waals surface area (Å²) < 4.78 is 18.2. The molecule has 2 aliphatic heterocycles. The Hall–Kier alpha value is -5.21. The lowest BCUT2D eigenvalue weighted by Crippen LogP contribution is -2.17. The van der Waals surface area contributed by atoms with Crippen molar-refractivity contribution in [1.82, 2.24) is 0 Å². The maximum absolute atomic E-state index is 13.4. The van der Waals surface area contributed by atoms with E-state index in [1.807, 2.05) is 54.6 Å². The highest BCUT2D eigenvalue weighted by atomic mass is 16.5. The third-order valence-corrected chi connectivity index (χ3v) is 9.80. The first-order valence-corrected chi connectivity index (χ1v) is 18.4. The van der Waals surface area contributed by atoms with Crippen LogP contribution < -0.4 is 9.47 Å². The fraction of sp³-hybridized carbons (Fsp3) is 0.326. The van der Waals surface area contributed by atoms with Crippen LogP contribution in [0.2, 0.25) is 0 Å². The number of Topliss-reactive ketones (excluding diaryl/α,β-unsaturated/α-hetero) is 1. The van der Waals surface area contributed by atoms with Gasteiger partial charge in [-0.2, -0.15) is 0 Å². The number of aromatic hydroxyl groups is 1. The zero-order chi connectivity index (χ0) is 35.3. The second kappa shape index (κ2) is 18.2. The minimum Gasteiger partial charge on any atom is -0.508 e. The van der Waals surface area contributed by atoms with Crippen LogP contribution in [0.4, 0.5) is 0 Å². The van der Waals surface area contributed by atoms with Gasteiger partial charge in [0.25, 0.3) is 0 Å². The second-order valence-electron chi connectivity index (χ2n) is 13.6. The van der Waals surface area contributed by atoms with Crippen molar-refractivity contribution in [2.24, 2.45) is 0 Å². The quantitative estimate of drug-likeness (QED) is 0.111. The molecule has 2 atom stereocenters. The topological polar surface area (TPSA) is 65.0 Å². The number of phenols is 1. The zero-order valence-electron chi connectivity index (χ0n) is 29.6. The van der Waals surface area contributed by atoms with E-state index in [-0.39, 0.29) is 23.6 Å². The van der Waals surface area contributed by atoms with Crippen LogP contribution >= 0.6 is 0 Å². The maximum Gasteiger partial charge on any atom is 0.161 e. The van der Waals surface area contributed by atoms with Crippen molar-refractivity contribution in [3.05, 3.63) is 137 Å². The molecule has 262 valence electrons. The van der Waals surface area contributed by atoms with E-state index in [0.29, 0.717) is 43.8 Å². The van der Waals surface area contributed by atoms with Gasteiger partial charge in [-0.05, 0) is 95.8 Å². The highest BCUT2D eigenvalue weighted by Crippen LogP contribution is 2.36. The Kier molecular flexibility index (Phi) is 12.7. The molecule has 5 aromatic rings. The molecular formula is C46H48O5. The molecule has 0 saturated heterocycles. The van der Waals surface area contributed by atoms with Gasteiger partial charge in [0, 0.05) is 18.4 Å². The van der Waals surface area contributed by atoms with Crippen LogP contribution in [0.1, 0.15) is 85.1 Å². The summed E-state index contributed by atoms with van der Waals surface area (Å²) in [6.07, 6.45) is 12.1. The Labute approximate surface area is 302 Å². The van der Waals surface area contributed by atoms with E-state index in [4.69, 9.17) is 14.2 Å². The predicted octanol–water partition coefficient (Wildman–Crippen LogP) is 10.3. The molecule has 0 amide bonds. The normalized spacial score (nSPS) is 16.3. The number of phenolic OH excluding ortho intramolecular Hbond substituents is 1. The molecule has 7 rings (SSSR count). The standard InChI is InChI=1S/C46H48O5/c1-49-44-26-21-36-19-23-40(47)32-41(18-12-4-2-3-7-13-34-14-8-5-9-15-34)50-28-27-39(29-35-16-10-6-11-17-35)46-42-24-20-37(33-51-45(44)31-36)30-38(42)22-25-43(46)48/h5-6,8-11,14-17,20-22,24-26,30-31,39,41,48H,2-4,7,12-13,18-19,23,29,32-33H2,1H3/t39-,41-/m0/s1. The summed E-state index contributed by atoms with van der Waals surface area (Å²) in [6.45, 7) is 0.348. The Bertz CT molecular complexity index is 1940. The van der Waals surface area contributed by atoms with Crippen LogP contribution in [0, 0.1) is 12.0 Å². The lowest BCUT2D eigenvalue weighted by molar-refractivity contribution is -0.121. The Morgan fingerprint density at radius 3 is 2.33 bits per heavy atom. The van der Waals surface area contributed by atoms with Crippen molar-refractivity contribution >= 4 is 16.6 Å². The first-order chi connectivity index (χ1) is 25.1. The van der Waals surface area contributed by atoms with Gasteiger partial charge in [0.2, 0.25) is 0 Å². The van der Waals surface area contributed by atoms with E-state index >= 15 is 0 Å². The molecule has 51 heavy (non-hydrogen) atoms. The van der Waals surface area contributed by atoms with E-state index in [1.165, 1.54) is 18.4 Å². The van der Waals surface area contributed by atoms with E-state index in [2.05, 4.69) is 60.6 Å². The molecule has 6 bridgehead atoms. The molecule has 5 nitrogen and oxygen atoms in total. The van der Waals surface area contributed by atoms with E-state index in [0.717, 1.165) is 65.1 Å². The number of benzene rings is 5. The largest absolute Gasteiger partial charge is 0.508 e. The molecule has 5 aromatic carbocycles. The Morgan fingerprint density at radius 2 is 1.53 bits per heavy atom. The lowest BCUT2D eigenvalue weighted by atomic mass is 9.88. The van der Waals surface area contributed by atoms with Crippen molar-refractivity contribution in [3.63, 3.8) is 0 Å². The number of unbranched alkanes of at least 4 members (excludes halogenated alkanes) is 4. The predicted molar refractivity (Wildman–Crippen MR) is 204 cm³/mol. The van der Waals surface area contributed by atoms with Gasteiger partial charge >= 0.3 is 0 Å². The molecule has 2 heterocycles. The summed E-state index contributed by atoms with van der Waals surface area (Å²) in [4.78, 5) is 13.4. The van der Waals surface area contributed by atoms with Gasteiger partial charge in [0.15, 0.2) is 11.5 Å². The van der Waals surface area contributed by atoms with Gasteiger partial charge in [-0.25, -0.2) is 0 Å². The highest BCUT2D eigenvalue weighted by molar-refractivity contribution is 5.89. The molecular weight excluding hydrogens is 633 g/mol. The molecule has 2 aliphatic rings. The molecule has 0 aromatic heterocycles. The van der Waals surface area contributed by atoms with Crippen LogP contribution in [0.15, 0.2) is 109 Å². The van der Waals surface area contributed by atoms with E-state index < -0.39 is 0 Å². The molecule has 0 fully saturated rings. The summed E-state index contributed by atoms with van der Waals surface area (Å²) in [5, 5.41) is 13.2. The number of carbonyl (C=O) groups excluding carboxylic acids is 1. The van der Waals surface area contributed by atoms with Gasteiger partial charge in [0.05, 0.1) is 13.0 Å². The van der Waals surface area contributed by atoms with Crippen molar-refractivity contribution in [2.75, 3.05) is 7.11 Å². The highest BCUT2D eigenvalue weighted by Gasteiger charge is 2.20. The molecule has 0 unspecified atom stereocenters. The number of ketones is 1. The lowest BCUT2D eigenvalue weighted by Gasteiger charge is -2.18. The average molecular weight is 681 g/mol. The van der Waals surface area contributed by atoms with Crippen LogP contribution in [-0.2, 0) is 35.4 Å². The summed E-state index contributed by atoms with van der Waals surface area (Å²) in [7, 11) is 1.63. The molecule has 1 N–H and O–H groups in total. The van der Waals surface area contributed by atoms with Crippen LogP contribution in [0.5, 0.6) is 17.2 Å². The number of rotatable bonds is 11. The van der Waals surface area contributed by atoms with Crippen molar-refractivity contribution < 1.29 is 24.1 Å².